The minimum Gasteiger partial charge on any atom is -0.244 e. The van der Waals surface area contributed by atoms with Gasteiger partial charge in [0.15, 0.2) is 0 Å². The fraction of sp³-hybridized carbons (Fsp3) is 0.238. The third-order valence-corrected chi connectivity index (χ3v) is 13.2. The lowest BCUT2D eigenvalue weighted by molar-refractivity contribution is -0.0393. The smallest absolute Gasteiger partial charge is 0.0979 e. The molecule has 0 radical (unpaired) electrons. The number of hydrogen-bond donors (Lipinski definition) is 0. The molecule has 0 unspecified atom stereocenters. The molecule has 4 bridgehead atoms. The number of para-hydroxylation sites is 2. The number of fused-ring (bicyclic) bond motifs is 8. The highest BCUT2D eigenvalue weighted by atomic mass is 32.1. The molecule has 4 saturated carbocycles. The van der Waals surface area contributed by atoms with Crippen LogP contribution in [-0.4, -0.2) is 9.97 Å². The molecule has 2 heterocycles. The second-order valence-corrected chi connectivity index (χ2v) is 15.2. The molecule has 0 N–H and O–H groups in total. The summed E-state index contributed by atoms with van der Waals surface area (Å²) in [6.45, 7) is 0. The maximum Gasteiger partial charge on any atom is 0.0979 e. The number of aromatic nitrogens is 2. The maximum atomic E-state index is 5.44. The lowest BCUT2D eigenvalue weighted by atomic mass is 9.43. The molecule has 1 spiro atoms. The maximum absolute atomic E-state index is 5.44. The summed E-state index contributed by atoms with van der Waals surface area (Å²) in [5, 5.41) is 2.96. The van der Waals surface area contributed by atoms with Crippen molar-refractivity contribution in [1.82, 2.24) is 9.97 Å². The number of thiophene rings is 1. The molecular formula is C42H32N2S. The molecule has 0 amide bonds. The molecule has 0 aliphatic heterocycles. The summed E-state index contributed by atoms with van der Waals surface area (Å²) in [5.41, 5.74) is 12.3. The first-order chi connectivity index (χ1) is 22.3. The standard InChI is InChI=1S/C42H32N2S/c1-2-9-26(10-3-1)40-41(44-34-15-6-5-14-33(34)43-40)31-12-8-13-32-37(31)30-17-18-36-38(29-11-4-7-16-35(29)45-36)39(30)42(32)27-20-24-19-25(22-27)23-28(42)21-24/h1-18,24-25,27-28H,19-23H2. The molecule has 5 aliphatic rings. The van der Waals surface area contributed by atoms with Crippen molar-refractivity contribution in [2.24, 2.45) is 23.7 Å². The summed E-state index contributed by atoms with van der Waals surface area (Å²) in [6.07, 6.45) is 6.96. The van der Waals surface area contributed by atoms with Gasteiger partial charge in [-0.1, -0.05) is 84.9 Å². The number of hydrogen-bond acceptors (Lipinski definition) is 3. The van der Waals surface area contributed by atoms with Crippen LogP contribution in [0.25, 0.3) is 64.8 Å². The number of nitrogens with zero attached hydrogens (tertiary/aromatic N) is 2. The summed E-state index contributed by atoms with van der Waals surface area (Å²) >= 11 is 1.97. The molecule has 0 saturated heterocycles. The van der Waals surface area contributed by atoms with Crippen LogP contribution < -0.4 is 0 Å². The van der Waals surface area contributed by atoms with Gasteiger partial charge in [0, 0.05) is 36.7 Å². The molecule has 3 heteroatoms. The van der Waals surface area contributed by atoms with Crippen molar-refractivity contribution < 1.29 is 0 Å². The zero-order chi connectivity index (χ0) is 29.3. The Labute approximate surface area is 266 Å². The zero-order valence-corrected chi connectivity index (χ0v) is 25.9. The Morgan fingerprint density at radius 2 is 1.24 bits per heavy atom. The molecule has 4 fully saturated rings. The van der Waals surface area contributed by atoms with Crippen molar-refractivity contribution in [1.29, 1.82) is 0 Å². The highest BCUT2D eigenvalue weighted by Crippen LogP contribution is 2.71. The van der Waals surface area contributed by atoms with Crippen LogP contribution in [0.4, 0.5) is 0 Å². The van der Waals surface area contributed by atoms with Crippen LogP contribution in [0.15, 0.2) is 109 Å². The first-order valence-electron chi connectivity index (χ1n) is 16.7. The van der Waals surface area contributed by atoms with Gasteiger partial charge >= 0.3 is 0 Å². The predicted molar refractivity (Wildman–Crippen MR) is 187 cm³/mol. The van der Waals surface area contributed by atoms with Gasteiger partial charge in [-0.15, -0.1) is 11.3 Å². The van der Waals surface area contributed by atoms with E-state index in [1.807, 2.05) is 11.3 Å². The van der Waals surface area contributed by atoms with Gasteiger partial charge in [-0.3, -0.25) is 0 Å². The van der Waals surface area contributed by atoms with Crippen molar-refractivity contribution in [2.75, 3.05) is 0 Å². The van der Waals surface area contributed by atoms with Crippen LogP contribution in [0.3, 0.4) is 0 Å². The third kappa shape index (κ3) is 3.20. The van der Waals surface area contributed by atoms with E-state index in [1.165, 1.54) is 69.0 Å². The highest BCUT2D eigenvalue weighted by Gasteiger charge is 2.62. The van der Waals surface area contributed by atoms with E-state index < -0.39 is 0 Å². The van der Waals surface area contributed by atoms with Crippen molar-refractivity contribution in [3.63, 3.8) is 0 Å². The fourth-order valence-corrected chi connectivity index (χ4v) is 11.8. The van der Waals surface area contributed by atoms with Gasteiger partial charge < -0.3 is 0 Å². The Morgan fingerprint density at radius 3 is 2.02 bits per heavy atom. The molecule has 7 aromatic rings. The van der Waals surface area contributed by atoms with Gasteiger partial charge in [-0.05, 0) is 102 Å². The van der Waals surface area contributed by atoms with Crippen LogP contribution in [0.2, 0.25) is 0 Å². The summed E-state index contributed by atoms with van der Waals surface area (Å²) < 4.78 is 2.84. The number of rotatable bonds is 2. The second-order valence-electron chi connectivity index (χ2n) is 14.1. The van der Waals surface area contributed by atoms with Gasteiger partial charge in [0.2, 0.25) is 0 Å². The van der Waals surface area contributed by atoms with Crippen molar-refractivity contribution >= 4 is 42.5 Å². The minimum atomic E-state index is 0.0641. The molecule has 12 rings (SSSR count). The molecule has 5 aliphatic carbocycles. The first-order valence-corrected chi connectivity index (χ1v) is 17.5. The topological polar surface area (TPSA) is 25.8 Å². The lowest BCUT2D eigenvalue weighted by Gasteiger charge is -2.61. The Balaban J connectivity index is 1.28. The Morgan fingerprint density at radius 1 is 0.556 bits per heavy atom. The first kappa shape index (κ1) is 24.9. The molecule has 216 valence electrons. The second kappa shape index (κ2) is 8.89. The minimum absolute atomic E-state index is 0.0641. The van der Waals surface area contributed by atoms with E-state index in [4.69, 9.17) is 9.97 Å². The fourth-order valence-electron chi connectivity index (χ4n) is 10.7. The molecule has 5 aromatic carbocycles. The van der Waals surface area contributed by atoms with Crippen LogP contribution in [0, 0.1) is 23.7 Å². The van der Waals surface area contributed by atoms with E-state index in [1.54, 1.807) is 11.1 Å². The van der Waals surface area contributed by atoms with Crippen LogP contribution >= 0.6 is 11.3 Å². The molecule has 2 aromatic heterocycles. The SMILES string of the molecule is c1ccc(-c2nc3ccccc3nc2-c2cccc3c2-c2ccc4sc5ccccc5c4c2C32C3CC4CC(C3)CC2C4)cc1. The summed E-state index contributed by atoms with van der Waals surface area (Å²) in [7, 11) is 0. The molecule has 0 atom stereocenters. The van der Waals surface area contributed by atoms with Crippen LogP contribution in [0.1, 0.15) is 43.2 Å². The van der Waals surface area contributed by atoms with E-state index in [2.05, 4.69) is 109 Å². The Kier molecular flexibility index (Phi) is 4.92. The largest absolute Gasteiger partial charge is 0.244 e. The summed E-state index contributed by atoms with van der Waals surface area (Å²) in [4.78, 5) is 10.7. The third-order valence-electron chi connectivity index (χ3n) is 12.0. The summed E-state index contributed by atoms with van der Waals surface area (Å²) in [5.74, 6) is 3.21. The Bertz CT molecular complexity index is 2320. The van der Waals surface area contributed by atoms with Crippen molar-refractivity contribution in [3.05, 3.63) is 120 Å². The quantitative estimate of drug-likeness (QED) is 0.198. The normalized spacial score (nSPS) is 25.9. The molecule has 2 nitrogen and oxygen atoms in total. The summed E-state index contributed by atoms with van der Waals surface area (Å²) in [6, 6.07) is 40.2. The van der Waals surface area contributed by atoms with Crippen molar-refractivity contribution in [3.8, 4) is 33.6 Å². The van der Waals surface area contributed by atoms with Crippen LogP contribution in [-0.2, 0) is 5.41 Å². The van der Waals surface area contributed by atoms with Gasteiger partial charge in [0.05, 0.1) is 22.4 Å². The average molecular weight is 597 g/mol. The predicted octanol–water partition coefficient (Wildman–Crippen LogP) is 11.1. The molecule has 45 heavy (non-hydrogen) atoms. The average Bonchev–Trinajstić information content (AvgIpc) is 3.60. The van der Waals surface area contributed by atoms with Crippen LogP contribution in [0.5, 0.6) is 0 Å². The highest BCUT2D eigenvalue weighted by molar-refractivity contribution is 7.25. The van der Waals surface area contributed by atoms with Gasteiger partial charge in [-0.2, -0.15) is 0 Å². The van der Waals surface area contributed by atoms with Gasteiger partial charge in [-0.25, -0.2) is 9.97 Å². The van der Waals surface area contributed by atoms with E-state index in [0.717, 1.165) is 39.8 Å². The van der Waals surface area contributed by atoms with Gasteiger partial charge in [0.25, 0.3) is 0 Å². The van der Waals surface area contributed by atoms with Crippen molar-refractivity contribution in [2.45, 2.75) is 37.5 Å². The number of benzene rings is 5. The van der Waals surface area contributed by atoms with E-state index in [0.29, 0.717) is 11.8 Å². The zero-order valence-electron chi connectivity index (χ0n) is 25.0. The lowest BCUT2D eigenvalue weighted by Crippen LogP contribution is -2.55. The van der Waals surface area contributed by atoms with E-state index in [-0.39, 0.29) is 5.41 Å². The van der Waals surface area contributed by atoms with Gasteiger partial charge in [0.1, 0.15) is 0 Å². The van der Waals surface area contributed by atoms with E-state index in [9.17, 15) is 0 Å². The Hall–Kier alpha value is -4.34. The monoisotopic (exact) mass is 596 g/mol. The van der Waals surface area contributed by atoms with E-state index >= 15 is 0 Å². The molecular weight excluding hydrogens is 565 g/mol.